The van der Waals surface area contributed by atoms with Crippen molar-refractivity contribution < 1.29 is 0 Å². The van der Waals surface area contributed by atoms with E-state index in [1.165, 1.54) is 45.3 Å². The topological polar surface area (TPSA) is 24.1 Å². The average Bonchev–Trinajstić information content (AvgIpc) is 2.06. The van der Waals surface area contributed by atoms with Crippen LogP contribution in [0.3, 0.4) is 0 Å². The van der Waals surface area contributed by atoms with Gasteiger partial charge in [0.15, 0.2) is 0 Å². The summed E-state index contributed by atoms with van der Waals surface area (Å²) < 4.78 is 0. The summed E-state index contributed by atoms with van der Waals surface area (Å²) in [5.74, 6) is 0. The molecule has 0 aromatic carbocycles. The Kier molecular flexibility index (Phi) is 4.02. The van der Waals surface area contributed by atoms with E-state index in [4.69, 9.17) is 0 Å². The normalized spacial score (nSPS) is 22.5. The van der Waals surface area contributed by atoms with Gasteiger partial charge in [-0.2, -0.15) is 0 Å². The first-order valence-corrected chi connectivity index (χ1v) is 5.12. The monoisotopic (exact) mass is 170 g/mol. The third-order valence-corrected chi connectivity index (χ3v) is 3.02. The van der Waals surface area contributed by atoms with Gasteiger partial charge in [0.2, 0.25) is 0 Å². The van der Waals surface area contributed by atoms with E-state index in [2.05, 4.69) is 17.6 Å². The van der Waals surface area contributed by atoms with Crippen molar-refractivity contribution in [3.05, 3.63) is 0 Å². The fourth-order valence-electron chi connectivity index (χ4n) is 1.97. The van der Waals surface area contributed by atoms with Gasteiger partial charge in [-0.05, 0) is 57.8 Å². The summed E-state index contributed by atoms with van der Waals surface area (Å²) in [6, 6.07) is 0. The van der Waals surface area contributed by atoms with Crippen LogP contribution in [0.2, 0.25) is 0 Å². The van der Waals surface area contributed by atoms with Crippen LogP contribution < -0.4 is 10.6 Å². The van der Waals surface area contributed by atoms with Crippen LogP contribution >= 0.6 is 0 Å². The molecule has 1 heterocycles. The second-order valence-electron chi connectivity index (χ2n) is 4.27. The van der Waals surface area contributed by atoms with Crippen molar-refractivity contribution in [3.8, 4) is 0 Å². The summed E-state index contributed by atoms with van der Waals surface area (Å²) in [6.07, 6.45) is 5.43. The van der Waals surface area contributed by atoms with Crippen molar-refractivity contribution >= 4 is 0 Å². The van der Waals surface area contributed by atoms with Crippen molar-refractivity contribution in [1.29, 1.82) is 0 Å². The molecule has 12 heavy (non-hydrogen) atoms. The molecule has 0 bridgehead atoms. The minimum Gasteiger partial charge on any atom is -0.320 e. The molecule has 1 aliphatic rings. The maximum absolute atomic E-state index is 3.41. The number of piperidine rings is 1. The van der Waals surface area contributed by atoms with Crippen molar-refractivity contribution in [2.45, 2.75) is 32.6 Å². The Balaban J connectivity index is 2.17. The Labute approximate surface area is 76.1 Å². The lowest BCUT2D eigenvalue weighted by Crippen LogP contribution is -2.35. The summed E-state index contributed by atoms with van der Waals surface area (Å²) in [7, 11) is 2.03. The van der Waals surface area contributed by atoms with Crippen molar-refractivity contribution in [3.63, 3.8) is 0 Å². The highest BCUT2D eigenvalue weighted by atomic mass is 14.9. The lowest BCUT2D eigenvalue weighted by molar-refractivity contribution is 0.207. The molecule has 0 radical (unpaired) electrons. The van der Waals surface area contributed by atoms with E-state index >= 15 is 0 Å². The third kappa shape index (κ3) is 3.11. The quantitative estimate of drug-likeness (QED) is 0.623. The van der Waals surface area contributed by atoms with Crippen LogP contribution in [0.1, 0.15) is 32.6 Å². The Morgan fingerprint density at radius 3 is 2.58 bits per heavy atom. The van der Waals surface area contributed by atoms with Crippen LogP contribution in [0.15, 0.2) is 0 Å². The van der Waals surface area contributed by atoms with Gasteiger partial charge in [0, 0.05) is 0 Å². The predicted molar refractivity (Wildman–Crippen MR) is 53.4 cm³/mol. The van der Waals surface area contributed by atoms with Crippen molar-refractivity contribution in [2.75, 3.05) is 26.7 Å². The van der Waals surface area contributed by atoms with Gasteiger partial charge in [0.1, 0.15) is 0 Å². The van der Waals surface area contributed by atoms with Gasteiger partial charge in [-0.15, -0.1) is 0 Å². The molecule has 1 fully saturated rings. The van der Waals surface area contributed by atoms with Crippen LogP contribution in [-0.4, -0.2) is 26.7 Å². The molecule has 0 spiro atoms. The van der Waals surface area contributed by atoms with E-state index in [-0.39, 0.29) is 0 Å². The Morgan fingerprint density at radius 1 is 1.33 bits per heavy atom. The lowest BCUT2D eigenvalue weighted by Gasteiger charge is -2.34. The smallest absolute Gasteiger partial charge is 0.00437 e. The molecule has 1 saturated heterocycles. The highest BCUT2D eigenvalue weighted by molar-refractivity contribution is 4.80. The largest absolute Gasteiger partial charge is 0.320 e. The molecule has 1 rings (SSSR count). The minimum atomic E-state index is 0.627. The molecule has 0 aromatic rings. The second-order valence-corrected chi connectivity index (χ2v) is 4.27. The molecule has 0 atom stereocenters. The maximum Gasteiger partial charge on any atom is -0.00437 e. The van der Waals surface area contributed by atoms with Crippen LogP contribution in [0, 0.1) is 5.41 Å². The predicted octanol–water partition coefficient (Wildman–Crippen LogP) is 1.38. The fourth-order valence-corrected chi connectivity index (χ4v) is 1.97. The van der Waals surface area contributed by atoms with Crippen LogP contribution in [0.4, 0.5) is 0 Å². The molecule has 0 unspecified atom stereocenters. The van der Waals surface area contributed by atoms with Crippen molar-refractivity contribution in [1.82, 2.24) is 10.6 Å². The summed E-state index contributed by atoms with van der Waals surface area (Å²) in [4.78, 5) is 0. The number of nitrogens with one attached hydrogen (secondary N) is 2. The van der Waals surface area contributed by atoms with Crippen LogP contribution in [0.5, 0.6) is 0 Å². The SMILES string of the molecule is CNCCCC1(C)CCNCC1. The van der Waals surface area contributed by atoms with E-state index in [1.807, 2.05) is 7.05 Å². The fraction of sp³-hybridized carbons (Fsp3) is 1.00. The van der Waals surface area contributed by atoms with Gasteiger partial charge in [-0.1, -0.05) is 6.92 Å². The molecule has 2 N–H and O–H groups in total. The van der Waals surface area contributed by atoms with E-state index in [1.54, 1.807) is 0 Å². The Bertz CT molecular complexity index is 117. The molecule has 1 aliphatic heterocycles. The molecular weight excluding hydrogens is 148 g/mol. The number of hydrogen-bond donors (Lipinski definition) is 2. The van der Waals surface area contributed by atoms with E-state index in [9.17, 15) is 0 Å². The van der Waals surface area contributed by atoms with Crippen LogP contribution in [-0.2, 0) is 0 Å². The van der Waals surface area contributed by atoms with E-state index in [0.717, 1.165) is 0 Å². The molecular formula is C10H22N2. The Morgan fingerprint density at radius 2 is 2.00 bits per heavy atom. The standard InChI is InChI=1S/C10H22N2/c1-10(4-3-7-11-2)5-8-12-9-6-10/h11-12H,3-9H2,1-2H3. The summed E-state index contributed by atoms with van der Waals surface area (Å²) in [5, 5.41) is 6.62. The highest BCUT2D eigenvalue weighted by Crippen LogP contribution is 2.32. The number of rotatable bonds is 4. The Hall–Kier alpha value is -0.0800. The van der Waals surface area contributed by atoms with Gasteiger partial charge < -0.3 is 10.6 Å². The summed E-state index contributed by atoms with van der Waals surface area (Å²) in [6.45, 7) is 6.04. The zero-order valence-electron chi connectivity index (χ0n) is 8.45. The maximum atomic E-state index is 3.41. The molecule has 2 nitrogen and oxygen atoms in total. The second kappa shape index (κ2) is 4.83. The zero-order chi connectivity index (χ0) is 8.86. The molecule has 2 heteroatoms. The minimum absolute atomic E-state index is 0.627. The number of hydrogen-bond acceptors (Lipinski definition) is 2. The summed E-state index contributed by atoms with van der Waals surface area (Å²) >= 11 is 0. The average molecular weight is 170 g/mol. The van der Waals surface area contributed by atoms with Gasteiger partial charge in [0.25, 0.3) is 0 Å². The third-order valence-electron chi connectivity index (χ3n) is 3.02. The van der Waals surface area contributed by atoms with E-state index in [0.29, 0.717) is 5.41 Å². The first-order chi connectivity index (χ1) is 5.77. The van der Waals surface area contributed by atoms with E-state index < -0.39 is 0 Å². The first-order valence-electron chi connectivity index (χ1n) is 5.12. The summed E-state index contributed by atoms with van der Waals surface area (Å²) in [5.41, 5.74) is 0.627. The first kappa shape index (κ1) is 10.0. The highest BCUT2D eigenvalue weighted by Gasteiger charge is 2.25. The lowest BCUT2D eigenvalue weighted by atomic mass is 9.77. The van der Waals surface area contributed by atoms with Crippen molar-refractivity contribution in [2.24, 2.45) is 5.41 Å². The molecule has 0 saturated carbocycles. The molecule has 0 aromatic heterocycles. The zero-order valence-corrected chi connectivity index (χ0v) is 8.45. The molecule has 72 valence electrons. The molecule has 0 aliphatic carbocycles. The van der Waals surface area contributed by atoms with Gasteiger partial charge in [-0.3, -0.25) is 0 Å². The van der Waals surface area contributed by atoms with Gasteiger partial charge in [0.05, 0.1) is 0 Å². The molecule has 0 amide bonds. The van der Waals surface area contributed by atoms with Gasteiger partial charge >= 0.3 is 0 Å². The van der Waals surface area contributed by atoms with Gasteiger partial charge in [-0.25, -0.2) is 0 Å². The van der Waals surface area contributed by atoms with Crippen LogP contribution in [0.25, 0.3) is 0 Å².